The molecule has 1 saturated heterocycles. The molecule has 3 rings (SSSR count). The molecular formula is C19H29N3. The van der Waals surface area contributed by atoms with Crippen molar-refractivity contribution in [1.82, 2.24) is 15.1 Å². The van der Waals surface area contributed by atoms with Crippen molar-refractivity contribution >= 4 is 10.9 Å². The van der Waals surface area contributed by atoms with Gasteiger partial charge < -0.3 is 4.90 Å². The molecule has 0 aliphatic carbocycles. The number of piperidine rings is 1. The van der Waals surface area contributed by atoms with E-state index in [2.05, 4.69) is 61.1 Å². The zero-order valence-electron chi connectivity index (χ0n) is 14.4. The molecule has 120 valence electrons. The average Bonchev–Trinajstić information content (AvgIpc) is 2.89. The van der Waals surface area contributed by atoms with Crippen LogP contribution in [0.4, 0.5) is 0 Å². The van der Waals surface area contributed by atoms with Crippen LogP contribution >= 0.6 is 0 Å². The first-order chi connectivity index (χ1) is 10.6. The lowest BCUT2D eigenvalue weighted by atomic mass is 9.80. The van der Waals surface area contributed by atoms with Crippen LogP contribution in [0.1, 0.15) is 50.8 Å². The van der Waals surface area contributed by atoms with Gasteiger partial charge in [0.2, 0.25) is 0 Å². The SMILES string of the molecule is CC[C@@H]1CN(C)CC[C@H]1c1[nH]nc2cc(CC(C)C)ccc12. The molecule has 3 heteroatoms. The molecule has 1 N–H and O–H groups in total. The van der Waals surface area contributed by atoms with Crippen LogP contribution in [0.5, 0.6) is 0 Å². The number of aromatic amines is 1. The number of nitrogens with zero attached hydrogens (tertiary/aromatic N) is 2. The zero-order chi connectivity index (χ0) is 15.7. The number of hydrogen-bond donors (Lipinski definition) is 1. The van der Waals surface area contributed by atoms with Crippen LogP contribution in [0.2, 0.25) is 0 Å². The van der Waals surface area contributed by atoms with Gasteiger partial charge in [-0.15, -0.1) is 0 Å². The summed E-state index contributed by atoms with van der Waals surface area (Å²) in [6.45, 7) is 9.24. The van der Waals surface area contributed by atoms with Crippen molar-refractivity contribution in [2.75, 3.05) is 20.1 Å². The van der Waals surface area contributed by atoms with Crippen molar-refractivity contribution in [2.45, 2.75) is 46.0 Å². The molecule has 0 unspecified atom stereocenters. The predicted molar refractivity (Wildman–Crippen MR) is 93.3 cm³/mol. The van der Waals surface area contributed by atoms with Gasteiger partial charge in [0, 0.05) is 23.5 Å². The van der Waals surface area contributed by atoms with Crippen molar-refractivity contribution in [1.29, 1.82) is 0 Å². The summed E-state index contributed by atoms with van der Waals surface area (Å²) in [6.07, 6.45) is 3.60. The Kier molecular flexibility index (Phi) is 4.53. The van der Waals surface area contributed by atoms with Gasteiger partial charge in [-0.1, -0.05) is 39.3 Å². The Morgan fingerprint density at radius 2 is 2.18 bits per heavy atom. The molecule has 2 heterocycles. The fourth-order valence-corrected chi connectivity index (χ4v) is 3.97. The van der Waals surface area contributed by atoms with Crippen molar-refractivity contribution in [3.8, 4) is 0 Å². The number of hydrogen-bond acceptors (Lipinski definition) is 2. The lowest BCUT2D eigenvalue weighted by molar-refractivity contribution is 0.178. The van der Waals surface area contributed by atoms with Gasteiger partial charge in [-0.25, -0.2) is 0 Å². The Balaban J connectivity index is 1.91. The highest BCUT2D eigenvalue weighted by molar-refractivity contribution is 5.82. The maximum atomic E-state index is 4.61. The molecule has 1 aliphatic heterocycles. The van der Waals surface area contributed by atoms with Crippen molar-refractivity contribution < 1.29 is 0 Å². The average molecular weight is 299 g/mol. The van der Waals surface area contributed by atoms with E-state index in [1.54, 1.807) is 0 Å². The third kappa shape index (κ3) is 3.05. The first-order valence-electron chi connectivity index (χ1n) is 8.74. The van der Waals surface area contributed by atoms with E-state index in [0.717, 1.165) is 17.9 Å². The first kappa shape index (κ1) is 15.5. The highest BCUT2D eigenvalue weighted by Crippen LogP contribution is 2.36. The van der Waals surface area contributed by atoms with Gasteiger partial charge in [0.15, 0.2) is 0 Å². The van der Waals surface area contributed by atoms with Gasteiger partial charge in [0.05, 0.1) is 5.52 Å². The molecule has 0 saturated carbocycles. The Morgan fingerprint density at radius 3 is 2.91 bits per heavy atom. The fraction of sp³-hybridized carbons (Fsp3) is 0.632. The van der Waals surface area contributed by atoms with Crippen LogP contribution < -0.4 is 0 Å². The topological polar surface area (TPSA) is 31.9 Å². The summed E-state index contributed by atoms with van der Waals surface area (Å²) in [4.78, 5) is 2.46. The van der Waals surface area contributed by atoms with Crippen LogP contribution in [-0.2, 0) is 6.42 Å². The van der Waals surface area contributed by atoms with Gasteiger partial charge >= 0.3 is 0 Å². The molecule has 0 radical (unpaired) electrons. The summed E-state index contributed by atoms with van der Waals surface area (Å²) in [5, 5.41) is 9.32. The summed E-state index contributed by atoms with van der Waals surface area (Å²) in [5.41, 5.74) is 3.91. The number of aromatic nitrogens is 2. The molecule has 22 heavy (non-hydrogen) atoms. The van der Waals surface area contributed by atoms with Crippen LogP contribution in [0, 0.1) is 11.8 Å². The molecule has 0 spiro atoms. The van der Waals surface area contributed by atoms with Gasteiger partial charge in [-0.3, -0.25) is 5.10 Å². The van der Waals surface area contributed by atoms with Crippen LogP contribution in [-0.4, -0.2) is 35.2 Å². The Hall–Kier alpha value is -1.35. The van der Waals surface area contributed by atoms with Gasteiger partial charge in [-0.05, 0) is 49.9 Å². The van der Waals surface area contributed by atoms with Crippen LogP contribution in [0.15, 0.2) is 18.2 Å². The molecule has 1 aromatic carbocycles. The molecule has 2 atom stereocenters. The van der Waals surface area contributed by atoms with E-state index in [1.165, 1.54) is 42.6 Å². The third-order valence-corrected chi connectivity index (χ3v) is 5.13. The van der Waals surface area contributed by atoms with Crippen LogP contribution in [0.25, 0.3) is 10.9 Å². The molecule has 0 amide bonds. The molecule has 1 aliphatic rings. The smallest absolute Gasteiger partial charge is 0.0926 e. The number of likely N-dealkylation sites (tertiary alicyclic amines) is 1. The molecule has 1 aromatic heterocycles. The third-order valence-electron chi connectivity index (χ3n) is 5.13. The number of rotatable bonds is 4. The lowest BCUT2D eigenvalue weighted by Crippen LogP contribution is -2.36. The van der Waals surface area contributed by atoms with E-state index >= 15 is 0 Å². The van der Waals surface area contributed by atoms with E-state index in [1.807, 2.05) is 0 Å². The predicted octanol–water partition coefficient (Wildman–Crippen LogP) is 4.21. The summed E-state index contributed by atoms with van der Waals surface area (Å²) in [7, 11) is 2.24. The normalized spacial score (nSPS) is 23.5. The summed E-state index contributed by atoms with van der Waals surface area (Å²) >= 11 is 0. The molecule has 1 fully saturated rings. The van der Waals surface area contributed by atoms with Crippen molar-refractivity contribution in [2.24, 2.45) is 11.8 Å². The highest BCUT2D eigenvalue weighted by Gasteiger charge is 2.30. The minimum atomic E-state index is 0.627. The van der Waals surface area contributed by atoms with Gasteiger partial charge in [0.25, 0.3) is 0 Å². The van der Waals surface area contributed by atoms with Crippen molar-refractivity contribution in [3.63, 3.8) is 0 Å². The van der Waals surface area contributed by atoms with Crippen molar-refractivity contribution in [3.05, 3.63) is 29.5 Å². The zero-order valence-corrected chi connectivity index (χ0v) is 14.4. The second kappa shape index (κ2) is 6.41. The maximum absolute atomic E-state index is 4.61. The van der Waals surface area contributed by atoms with Gasteiger partial charge in [0.1, 0.15) is 0 Å². The monoisotopic (exact) mass is 299 g/mol. The highest BCUT2D eigenvalue weighted by atomic mass is 15.1. The first-order valence-corrected chi connectivity index (χ1v) is 8.74. The number of H-pyrrole nitrogens is 1. The maximum Gasteiger partial charge on any atom is 0.0926 e. The lowest BCUT2D eigenvalue weighted by Gasteiger charge is -2.36. The minimum Gasteiger partial charge on any atom is -0.306 e. The fourth-order valence-electron chi connectivity index (χ4n) is 3.97. The Morgan fingerprint density at radius 1 is 1.36 bits per heavy atom. The minimum absolute atomic E-state index is 0.627. The summed E-state index contributed by atoms with van der Waals surface area (Å²) in [6, 6.07) is 6.85. The van der Waals surface area contributed by atoms with E-state index in [0.29, 0.717) is 11.8 Å². The largest absolute Gasteiger partial charge is 0.306 e. The summed E-state index contributed by atoms with van der Waals surface area (Å²) in [5.74, 6) is 2.05. The molecule has 3 nitrogen and oxygen atoms in total. The summed E-state index contributed by atoms with van der Waals surface area (Å²) < 4.78 is 0. The van der Waals surface area contributed by atoms with Crippen LogP contribution in [0.3, 0.4) is 0 Å². The molecule has 2 aromatic rings. The second-order valence-corrected chi connectivity index (χ2v) is 7.41. The second-order valence-electron chi connectivity index (χ2n) is 7.41. The Bertz CT molecular complexity index is 629. The Labute approximate surface area is 134 Å². The molecular weight excluding hydrogens is 270 g/mol. The van der Waals surface area contributed by atoms with E-state index in [4.69, 9.17) is 0 Å². The number of fused-ring (bicyclic) bond motifs is 1. The molecule has 0 bridgehead atoms. The standard InChI is InChI=1S/C19H29N3/c1-5-15-12-22(4)9-8-16(15)19-17-7-6-14(10-13(2)3)11-18(17)20-21-19/h6-7,11,13,15-16H,5,8-10,12H2,1-4H3,(H,20,21)/t15-,16-/m1/s1. The number of benzene rings is 1. The van der Waals surface area contributed by atoms with E-state index < -0.39 is 0 Å². The quantitative estimate of drug-likeness (QED) is 0.917. The van der Waals surface area contributed by atoms with E-state index in [9.17, 15) is 0 Å². The van der Waals surface area contributed by atoms with E-state index in [-0.39, 0.29) is 0 Å². The van der Waals surface area contributed by atoms with Gasteiger partial charge in [-0.2, -0.15) is 5.10 Å². The number of nitrogens with one attached hydrogen (secondary N) is 1.